The highest BCUT2D eigenvalue weighted by Gasteiger charge is 2.30. The fraction of sp³-hybridized carbons (Fsp3) is 0.296. The van der Waals surface area contributed by atoms with Gasteiger partial charge in [0.05, 0.1) is 24.1 Å². The quantitative estimate of drug-likeness (QED) is 0.489. The molecule has 0 fully saturated rings. The van der Waals surface area contributed by atoms with E-state index >= 15 is 0 Å². The molecule has 1 amide bonds. The summed E-state index contributed by atoms with van der Waals surface area (Å²) in [5.74, 6) is -0.755. The predicted octanol–water partition coefficient (Wildman–Crippen LogP) is 5.97. The summed E-state index contributed by atoms with van der Waals surface area (Å²) < 4.78 is 52.1. The van der Waals surface area contributed by atoms with Crippen molar-refractivity contribution in [3.8, 4) is 0 Å². The van der Waals surface area contributed by atoms with Gasteiger partial charge in [-0.25, -0.2) is 4.39 Å². The Morgan fingerprint density at radius 3 is 2.41 bits per heavy atom. The molecule has 0 spiro atoms. The van der Waals surface area contributed by atoms with Crippen LogP contribution in [0.2, 0.25) is 0 Å². The molecule has 0 saturated heterocycles. The van der Waals surface area contributed by atoms with Gasteiger partial charge in [0.15, 0.2) is 0 Å². The molecule has 178 valence electrons. The molecule has 2 N–H and O–H groups in total. The van der Waals surface area contributed by atoms with E-state index < -0.39 is 29.7 Å². The second-order valence-corrected chi connectivity index (χ2v) is 8.63. The van der Waals surface area contributed by atoms with Gasteiger partial charge in [-0.1, -0.05) is 42.5 Å². The molecular weight excluding hydrogens is 446 g/mol. The van der Waals surface area contributed by atoms with Crippen molar-refractivity contribution < 1.29 is 27.5 Å². The van der Waals surface area contributed by atoms with Crippen LogP contribution in [0, 0.1) is 5.82 Å². The van der Waals surface area contributed by atoms with E-state index in [1.807, 2.05) is 12.2 Å². The van der Waals surface area contributed by atoms with Crippen molar-refractivity contribution in [1.82, 2.24) is 5.32 Å². The fourth-order valence-corrected chi connectivity index (χ4v) is 4.42. The van der Waals surface area contributed by atoms with Crippen LogP contribution in [0.25, 0.3) is 0 Å². The van der Waals surface area contributed by atoms with Gasteiger partial charge < -0.3 is 10.4 Å². The minimum Gasteiger partial charge on any atom is -0.386 e. The van der Waals surface area contributed by atoms with Gasteiger partial charge in [0.1, 0.15) is 5.82 Å². The molecule has 2 atom stereocenters. The van der Waals surface area contributed by atoms with Gasteiger partial charge in [-0.15, -0.1) is 0 Å². The third-order valence-electron chi connectivity index (χ3n) is 6.22. The van der Waals surface area contributed by atoms with Crippen LogP contribution in [0.4, 0.5) is 17.6 Å². The average molecular weight is 471 g/mol. The molecule has 2 unspecified atom stereocenters. The van der Waals surface area contributed by atoms with Crippen LogP contribution in [-0.2, 0) is 17.4 Å². The number of alkyl halides is 3. The molecule has 34 heavy (non-hydrogen) atoms. The topological polar surface area (TPSA) is 49.3 Å². The van der Waals surface area contributed by atoms with Gasteiger partial charge >= 0.3 is 6.18 Å². The number of hydrogen-bond acceptors (Lipinski definition) is 2. The number of aliphatic hydroxyl groups is 1. The number of carbonyl (C=O) groups is 1. The van der Waals surface area contributed by atoms with Gasteiger partial charge in [0.25, 0.3) is 0 Å². The van der Waals surface area contributed by atoms with Gasteiger partial charge in [-0.05, 0) is 77.8 Å². The normalized spacial score (nSPS) is 17.3. The van der Waals surface area contributed by atoms with E-state index in [2.05, 4.69) is 11.4 Å². The molecule has 0 aromatic heterocycles. The highest BCUT2D eigenvalue weighted by Crippen LogP contribution is 2.35. The van der Waals surface area contributed by atoms with Crippen LogP contribution in [0.1, 0.15) is 48.5 Å². The molecule has 2 aromatic carbocycles. The number of allylic oxidation sites excluding steroid dienone is 5. The van der Waals surface area contributed by atoms with E-state index in [4.69, 9.17) is 0 Å². The highest BCUT2D eigenvalue weighted by molar-refractivity contribution is 5.81. The zero-order valence-electron chi connectivity index (χ0n) is 18.4. The van der Waals surface area contributed by atoms with Crippen molar-refractivity contribution in [3.05, 3.63) is 106 Å². The SMILES string of the molecule is O=C(CC1=C2CCCC=C2C=C1)NC(Cc1ccc(C(F)(F)F)cc1)C(O)c1ccc(F)cc1. The van der Waals surface area contributed by atoms with Crippen molar-refractivity contribution in [1.29, 1.82) is 0 Å². The molecule has 0 aliphatic heterocycles. The molecule has 2 aromatic rings. The smallest absolute Gasteiger partial charge is 0.386 e. The summed E-state index contributed by atoms with van der Waals surface area (Å²) in [6.45, 7) is 0. The van der Waals surface area contributed by atoms with E-state index in [0.29, 0.717) is 11.1 Å². The summed E-state index contributed by atoms with van der Waals surface area (Å²) in [5.41, 5.74) is 3.42. The summed E-state index contributed by atoms with van der Waals surface area (Å²) in [4.78, 5) is 12.9. The van der Waals surface area contributed by atoms with E-state index in [1.165, 1.54) is 42.0 Å². The van der Waals surface area contributed by atoms with Gasteiger partial charge in [-0.3, -0.25) is 4.79 Å². The minimum absolute atomic E-state index is 0.106. The fourth-order valence-electron chi connectivity index (χ4n) is 4.42. The standard InChI is InChI=1S/C27H25F4NO2/c28-22-13-9-19(10-14-22)26(34)24(15-17-5-11-21(12-6-17)27(29,30)31)32-25(33)16-20-8-7-18-3-1-2-4-23(18)20/h3,5-14,24,26,34H,1-2,4,15-16H2,(H,32,33). The first-order chi connectivity index (χ1) is 16.2. The molecule has 0 bridgehead atoms. The number of halogens is 4. The number of fused-ring (bicyclic) bond motifs is 1. The number of nitrogens with one attached hydrogen (secondary N) is 1. The maximum atomic E-state index is 13.3. The van der Waals surface area contributed by atoms with E-state index in [0.717, 1.165) is 42.5 Å². The zero-order chi connectivity index (χ0) is 24.3. The molecule has 3 nitrogen and oxygen atoms in total. The zero-order valence-corrected chi connectivity index (χ0v) is 18.4. The Balaban J connectivity index is 1.53. The van der Waals surface area contributed by atoms with Gasteiger partial charge in [0.2, 0.25) is 5.91 Å². The molecule has 0 radical (unpaired) electrons. The highest BCUT2D eigenvalue weighted by atomic mass is 19.4. The Morgan fingerprint density at radius 1 is 1.03 bits per heavy atom. The Kier molecular flexibility index (Phi) is 7.03. The van der Waals surface area contributed by atoms with Crippen LogP contribution < -0.4 is 5.32 Å². The lowest BCUT2D eigenvalue weighted by Gasteiger charge is -2.25. The molecular formula is C27H25F4NO2. The van der Waals surface area contributed by atoms with Crippen molar-refractivity contribution >= 4 is 5.91 Å². The molecule has 4 rings (SSSR count). The van der Waals surface area contributed by atoms with Gasteiger partial charge in [0, 0.05) is 0 Å². The maximum absolute atomic E-state index is 13.3. The number of carbonyl (C=O) groups excluding carboxylic acids is 1. The van der Waals surface area contributed by atoms with Crippen molar-refractivity contribution in [2.24, 2.45) is 0 Å². The lowest BCUT2D eigenvalue weighted by Crippen LogP contribution is -2.41. The Hall–Kier alpha value is -3.19. The van der Waals surface area contributed by atoms with Gasteiger partial charge in [-0.2, -0.15) is 13.2 Å². The molecule has 2 aliphatic rings. The van der Waals surface area contributed by atoms with Crippen molar-refractivity contribution in [3.63, 3.8) is 0 Å². The Morgan fingerprint density at radius 2 is 1.74 bits per heavy atom. The third-order valence-corrected chi connectivity index (χ3v) is 6.22. The lowest BCUT2D eigenvalue weighted by molar-refractivity contribution is -0.137. The first-order valence-electron chi connectivity index (χ1n) is 11.2. The van der Waals surface area contributed by atoms with Crippen LogP contribution in [-0.4, -0.2) is 17.1 Å². The lowest BCUT2D eigenvalue weighted by atomic mass is 9.92. The van der Waals surface area contributed by atoms with Crippen LogP contribution >= 0.6 is 0 Å². The summed E-state index contributed by atoms with van der Waals surface area (Å²) >= 11 is 0. The first-order valence-corrected chi connectivity index (χ1v) is 11.2. The molecule has 0 saturated carbocycles. The molecule has 7 heteroatoms. The van der Waals surface area contributed by atoms with E-state index in [1.54, 1.807) is 0 Å². The largest absolute Gasteiger partial charge is 0.416 e. The molecule has 2 aliphatic carbocycles. The summed E-state index contributed by atoms with van der Waals surface area (Å²) in [6, 6.07) is 9.09. The summed E-state index contributed by atoms with van der Waals surface area (Å²) in [6.07, 6.45) is 3.69. The van der Waals surface area contributed by atoms with Crippen LogP contribution in [0.15, 0.2) is 83.5 Å². The number of hydrogen-bond donors (Lipinski definition) is 2. The average Bonchev–Trinajstić information content (AvgIpc) is 3.21. The minimum atomic E-state index is -4.45. The number of benzene rings is 2. The predicted molar refractivity (Wildman–Crippen MR) is 121 cm³/mol. The molecule has 0 heterocycles. The van der Waals surface area contributed by atoms with Crippen LogP contribution in [0.5, 0.6) is 0 Å². The monoisotopic (exact) mass is 471 g/mol. The number of aliphatic hydroxyl groups excluding tert-OH is 1. The third kappa shape index (κ3) is 5.65. The van der Waals surface area contributed by atoms with E-state index in [-0.39, 0.29) is 18.7 Å². The van der Waals surface area contributed by atoms with Crippen LogP contribution in [0.3, 0.4) is 0 Å². The Labute approximate surface area is 195 Å². The van der Waals surface area contributed by atoms with E-state index in [9.17, 15) is 27.5 Å². The second kappa shape index (κ2) is 9.97. The Bertz CT molecular complexity index is 1130. The maximum Gasteiger partial charge on any atom is 0.416 e. The van der Waals surface area contributed by atoms with Crippen molar-refractivity contribution in [2.75, 3.05) is 0 Å². The van der Waals surface area contributed by atoms with Crippen molar-refractivity contribution in [2.45, 2.75) is 50.4 Å². The first kappa shape index (κ1) is 24.0. The summed E-state index contributed by atoms with van der Waals surface area (Å²) in [7, 11) is 0. The summed E-state index contributed by atoms with van der Waals surface area (Å²) in [5, 5.41) is 13.8. The number of amides is 1. The number of rotatable bonds is 7. The second-order valence-electron chi connectivity index (χ2n) is 8.63.